The molecule has 2 heterocycles. The maximum absolute atomic E-state index is 12.4. The molecular weight excluding hydrogens is 356 g/mol. The molecule has 0 bridgehead atoms. The van der Waals surface area contributed by atoms with Gasteiger partial charge in [-0.2, -0.15) is 4.98 Å². The second-order valence-electron chi connectivity index (χ2n) is 7.39. The molecule has 0 atom stereocenters. The first-order valence-electron chi connectivity index (χ1n) is 8.99. The van der Waals surface area contributed by atoms with Gasteiger partial charge >= 0.3 is 0 Å². The highest BCUT2D eigenvalue weighted by Gasteiger charge is 2.38. The molecule has 4 rings (SSSR count). The molecule has 1 aromatic heterocycles. The Morgan fingerprint density at radius 2 is 2.00 bits per heavy atom. The van der Waals surface area contributed by atoms with Crippen molar-refractivity contribution >= 4 is 23.2 Å². The van der Waals surface area contributed by atoms with E-state index in [4.69, 9.17) is 4.52 Å². The topological polar surface area (TPSA) is 97.1 Å². The van der Waals surface area contributed by atoms with E-state index in [0.29, 0.717) is 11.5 Å². The highest BCUT2D eigenvalue weighted by molar-refractivity contribution is 6.06. The van der Waals surface area contributed by atoms with E-state index in [-0.39, 0.29) is 24.1 Å². The van der Waals surface area contributed by atoms with Crippen LogP contribution in [0.3, 0.4) is 0 Å². The summed E-state index contributed by atoms with van der Waals surface area (Å²) in [6.07, 6.45) is -0.0312. The Labute approximate surface area is 162 Å². The number of carbonyl (C=O) groups excluding carboxylic acids is 2. The second kappa shape index (κ2) is 6.60. The van der Waals surface area contributed by atoms with Gasteiger partial charge in [0.1, 0.15) is 6.42 Å². The zero-order valence-electron chi connectivity index (χ0n) is 15.9. The Morgan fingerprint density at radius 3 is 2.79 bits per heavy atom. The fourth-order valence-electron chi connectivity index (χ4n) is 3.25. The minimum atomic E-state index is -0.634. The Bertz CT molecular complexity index is 1080. The van der Waals surface area contributed by atoms with Gasteiger partial charge in [-0.15, -0.1) is 0 Å². The van der Waals surface area contributed by atoms with Crippen LogP contribution in [0.2, 0.25) is 0 Å². The fourth-order valence-corrected chi connectivity index (χ4v) is 3.25. The molecule has 7 heteroatoms. The number of fused-ring (bicyclic) bond motifs is 1. The summed E-state index contributed by atoms with van der Waals surface area (Å²) in [5.41, 5.74) is 3.51. The number of benzene rings is 2. The molecular formula is C21H20N4O3. The summed E-state index contributed by atoms with van der Waals surface area (Å²) in [5.74, 6) is 0.384. The number of rotatable bonds is 4. The van der Waals surface area contributed by atoms with E-state index in [1.165, 1.54) is 0 Å². The van der Waals surface area contributed by atoms with Crippen molar-refractivity contribution in [2.24, 2.45) is 0 Å². The van der Waals surface area contributed by atoms with E-state index in [2.05, 4.69) is 20.8 Å². The van der Waals surface area contributed by atoms with Gasteiger partial charge in [0.25, 0.3) is 0 Å². The maximum atomic E-state index is 12.4. The molecule has 142 valence electrons. The van der Waals surface area contributed by atoms with E-state index in [1.807, 2.05) is 51.1 Å². The molecule has 0 aliphatic carbocycles. The van der Waals surface area contributed by atoms with Crippen molar-refractivity contribution in [3.05, 3.63) is 59.5 Å². The molecule has 0 saturated heterocycles. The summed E-state index contributed by atoms with van der Waals surface area (Å²) in [5, 5.41) is 9.64. The van der Waals surface area contributed by atoms with Crippen LogP contribution >= 0.6 is 0 Å². The summed E-state index contributed by atoms with van der Waals surface area (Å²) in [6.45, 7) is 5.67. The first-order chi connectivity index (χ1) is 13.3. The molecule has 0 spiro atoms. The molecule has 7 nitrogen and oxygen atoms in total. The summed E-state index contributed by atoms with van der Waals surface area (Å²) in [7, 11) is 0. The number of nitrogens with one attached hydrogen (secondary N) is 2. The van der Waals surface area contributed by atoms with Crippen LogP contribution in [0.1, 0.15) is 30.9 Å². The van der Waals surface area contributed by atoms with Crippen LogP contribution in [0.5, 0.6) is 0 Å². The van der Waals surface area contributed by atoms with Crippen LogP contribution in [-0.4, -0.2) is 22.0 Å². The van der Waals surface area contributed by atoms with Gasteiger partial charge in [0.15, 0.2) is 0 Å². The predicted octanol–water partition coefficient (Wildman–Crippen LogP) is 3.46. The summed E-state index contributed by atoms with van der Waals surface area (Å²) >= 11 is 0. The first kappa shape index (κ1) is 17.9. The Kier molecular flexibility index (Phi) is 4.22. The zero-order valence-corrected chi connectivity index (χ0v) is 15.9. The van der Waals surface area contributed by atoms with Gasteiger partial charge in [-0.25, -0.2) is 0 Å². The van der Waals surface area contributed by atoms with Crippen LogP contribution in [0.15, 0.2) is 47.0 Å². The molecule has 0 saturated carbocycles. The normalized spacial score (nSPS) is 14.5. The first-order valence-corrected chi connectivity index (χ1v) is 8.99. The van der Waals surface area contributed by atoms with Crippen LogP contribution in [0.25, 0.3) is 11.4 Å². The summed E-state index contributed by atoms with van der Waals surface area (Å²) in [6, 6.07) is 13.1. The molecule has 28 heavy (non-hydrogen) atoms. The lowest BCUT2D eigenvalue weighted by molar-refractivity contribution is -0.119. The predicted molar refractivity (Wildman–Crippen MR) is 105 cm³/mol. The lowest BCUT2D eigenvalue weighted by Crippen LogP contribution is -2.27. The minimum Gasteiger partial charge on any atom is -0.338 e. The summed E-state index contributed by atoms with van der Waals surface area (Å²) < 4.78 is 5.23. The highest BCUT2D eigenvalue weighted by Crippen LogP contribution is 2.38. The number of nitrogens with zero attached hydrogens (tertiary/aromatic N) is 2. The highest BCUT2D eigenvalue weighted by atomic mass is 16.5. The van der Waals surface area contributed by atoms with Crippen LogP contribution in [0, 0.1) is 6.92 Å². The standard InChI is InChI=1S/C21H20N4O3/c1-12-6-4-5-7-14(12)19-24-18(28-25-19)11-17(26)22-13-8-9-16-15(10-13)21(2,3)20(27)23-16/h4-10H,11H2,1-3H3,(H,22,26)(H,23,27). The van der Waals surface area contributed by atoms with E-state index in [0.717, 1.165) is 22.4 Å². The van der Waals surface area contributed by atoms with Gasteiger partial charge in [-0.3, -0.25) is 9.59 Å². The number of amides is 2. The number of anilines is 2. The largest absolute Gasteiger partial charge is 0.338 e. The van der Waals surface area contributed by atoms with Gasteiger partial charge in [0.05, 0.1) is 5.41 Å². The molecule has 2 aromatic carbocycles. The van der Waals surface area contributed by atoms with Crippen LogP contribution in [0.4, 0.5) is 11.4 Å². The molecule has 2 N–H and O–H groups in total. The third-order valence-corrected chi connectivity index (χ3v) is 4.96. The molecule has 0 fully saturated rings. The van der Waals surface area contributed by atoms with E-state index in [9.17, 15) is 9.59 Å². The minimum absolute atomic E-state index is 0.0312. The van der Waals surface area contributed by atoms with E-state index >= 15 is 0 Å². The van der Waals surface area contributed by atoms with Gasteiger partial charge in [-0.1, -0.05) is 29.4 Å². The lowest BCUT2D eigenvalue weighted by Gasteiger charge is -2.16. The van der Waals surface area contributed by atoms with Crippen molar-refractivity contribution in [3.8, 4) is 11.4 Å². The van der Waals surface area contributed by atoms with E-state index < -0.39 is 5.41 Å². The van der Waals surface area contributed by atoms with Gasteiger partial charge in [0, 0.05) is 16.9 Å². The van der Waals surface area contributed by atoms with Crippen LogP contribution in [-0.2, 0) is 21.4 Å². The Hall–Kier alpha value is -3.48. The third kappa shape index (κ3) is 3.15. The molecule has 2 amide bonds. The van der Waals surface area contributed by atoms with Crippen molar-refractivity contribution < 1.29 is 14.1 Å². The number of hydrogen-bond acceptors (Lipinski definition) is 5. The van der Waals surface area contributed by atoms with Gasteiger partial charge in [0.2, 0.25) is 23.5 Å². The smallest absolute Gasteiger partial charge is 0.236 e. The van der Waals surface area contributed by atoms with Crippen molar-refractivity contribution in [3.63, 3.8) is 0 Å². The fraction of sp³-hybridized carbons (Fsp3) is 0.238. The van der Waals surface area contributed by atoms with Gasteiger partial charge in [-0.05, 0) is 50.1 Å². The number of aryl methyl sites for hydroxylation is 1. The van der Waals surface area contributed by atoms with Crippen molar-refractivity contribution in [2.75, 3.05) is 10.6 Å². The Morgan fingerprint density at radius 1 is 1.21 bits per heavy atom. The molecule has 1 aliphatic heterocycles. The SMILES string of the molecule is Cc1ccccc1-c1noc(CC(=O)Nc2ccc3c(c2)C(C)(C)C(=O)N3)n1. The van der Waals surface area contributed by atoms with Crippen molar-refractivity contribution in [1.82, 2.24) is 10.1 Å². The maximum Gasteiger partial charge on any atom is 0.236 e. The third-order valence-electron chi connectivity index (χ3n) is 4.96. The van der Waals surface area contributed by atoms with Crippen molar-refractivity contribution in [1.29, 1.82) is 0 Å². The Balaban J connectivity index is 1.47. The monoisotopic (exact) mass is 376 g/mol. The average molecular weight is 376 g/mol. The zero-order chi connectivity index (χ0) is 19.9. The number of aromatic nitrogens is 2. The quantitative estimate of drug-likeness (QED) is 0.727. The number of hydrogen-bond donors (Lipinski definition) is 2. The van der Waals surface area contributed by atoms with Gasteiger partial charge < -0.3 is 15.2 Å². The van der Waals surface area contributed by atoms with Crippen LogP contribution < -0.4 is 10.6 Å². The lowest BCUT2D eigenvalue weighted by atomic mass is 9.86. The van der Waals surface area contributed by atoms with E-state index in [1.54, 1.807) is 12.1 Å². The second-order valence-corrected chi connectivity index (χ2v) is 7.39. The molecule has 0 unspecified atom stereocenters. The molecule has 1 aliphatic rings. The summed E-state index contributed by atoms with van der Waals surface area (Å²) in [4.78, 5) is 28.8. The molecule has 0 radical (unpaired) electrons. The average Bonchev–Trinajstić information content (AvgIpc) is 3.19. The molecule has 3 aromatic rings. The number of carbonyl (C=O) groups is 2. The van der Waals surface area contributed by atoms with Crippen molar-refractivity contribution in [2.45, 2.75) is 32.6 Å².